The van der Waals surface area contributed by atoms with Gasteiger partial charge in [0.05, 0.1) is 17.6 Å². The normalized spacial score (nSPS) is 24.8. The van der Waals surface area contributed by atoms with Crippen LogP contribution in [0.25, 0.3) is 0 Å². The van der Waals surface area contributed by atoms with Crippen molar-refractivity contribution in [1.29, 1.82) is 0 Å². The predicted octanol–water partition coefficient (Wildman–Crippen LogP) is 1.33. The molecule has 0 radical (unpaired) electrons. The molecule has 1 fully saturated rings. The fourth-order valence-electron chi connectivity index (χ4n) is 2.48. The zero-order valence-electron chi connectivity index (χ0n) is 12.0. The van der Waals surface area contributed by atoms with Crippen molar-refractivity contribution in [2.24, 2.45) is 5.73 Å². The first-order chi connectivity index (χ1) is 9.50. The lowest BCUT2D eigenvalue weighted by Crippen LogP contribution is -2.51. The quantitative estimate of drug-likeness (QED) is 0.910. The van der Waals surface area contributed by atoms with Crippen LogP contribution in [0.1, 0.15) is 25.8 Å². The average Bonchev–Trinajstić information content (AvgIpc) is 2.47. The number of rotatable bonds is 4. The van der Waals surface area contributed by atoms with E-state index in [-0.39, 0.29) is 18.7 Å². The van der Waals surface area contributed by atoms with Crippen molar-refractivity contribution in [1.82, 2.24) is 4.31 Å². The standard InChI is InChI=1S/C14H22N2O3S/c1-3-13-10-19-11(2)9-16(13)20(17,18)14-7-5-4-6-12(14)8-15/h4-7,11,13H,3,8-10,15H2,1-2H3. The number of hydrogen-bond donors (Lipinski definition) is 1. The van der Waals surface area contributed by atoms with Gasteiger partial charge in [0.25, 0.3) is 0 Å². The van der Waals surface area contributed by atoms with Crippen molar-refractivity contribution in [3.8, 4) is 0 Å². The first-order valence-electron chi connectivity index (χ1n) is 6.92. The van der Waals surface area contributed by atoms with Crippen molar-refractivity contribution in [2.45, 2.75) is 43.9 Å². The first-order valence-corrected chi connectivity index (χ1v) is 8.36. The molecule has 1 aromatic carbocycles. The predicted molar refractivity (Wildman–Crippen MR) is 77.7 cm³/mol. The summed E-state index contributed by atoms with van der Waals surface area (Å²) in [6.45, 7) is 4.91. The Labute approximate surface area is 120 Å². The second-order valence-corrected chi connectivity index (χ2v) is 6.95. The molecule has 0 amide bonds. The van der Waals surface area contributed by atoms with Gasteiger partial charge in [-0.3, -0.25) is 0 Å². The average molecular weight is 298 g/mol. The monoisotopic (exact) mass is 298 g/mol. The number of morpholine rings is 1. The van der Waals surface area contributed by atoms with Crippen molar-refractivity contribution in [3.05, 3.63) is 29.8 Å². The summed E-state index contributed by atoms with van der Waals surface area (Å²) < 4.78 is 32.9. The number of sulfonamides is 1. The van der Waals surface area contributed by atoms with Gasteiger partial charge in [-0.05, 0) is 25.0 Å². The van der Waals surface area contributed by atoms with Crippen LogP contribution in [-0.4, -0.2) is 38.0 Å². The third-order valence-electron chi connectivity index (χ3n) is 3.67. The molecule has 20 heavy (non-hydrogen) atoms. The van der Waals surface area contributed by atoms with Crippen LogP contribution in [0, 0.1) is 0 Å². The van der Waals surface area contributed by atoms with Crippen LogP contribution in [0.2, 0.25) is 0 Å². The van der Waals surface area contributed by atoms with E-state index in [4.69, 9.17) is 10.5 Å². The molecule has 0 saturated carbocycles. The lowest BCUT2D eigenvalue weighted by Gasteiger charge is -2.37. The van der Waals surface area contributed by atoms with Gasteiger partial charge in [-0.15, -0.1) is 0 Å². The highest BCUT2D eigenvalue weighted by Crippen LogP contribution is 2.26. The molecule has 0 spiro atoms. The Morgan fingerprint density at radius 2 is 2.10 bits per heavy atom. The summed E-state index contributed by atoms with van der Waals surface area (Å²) in [7, 11) is -3.53. The van der Waals surface area contributed by atoms with Gasteiger partial charge in [-0.25, -0.2) is 8.42 Å². The van der Waals surface area contributed by atoms with Crippen LogP contribution in [-0.2, 0) is 21.3 Å². The highest BCUT2D eigenvalue weighted by Gasteiger charge is 2.36. The van der Waals surface area contributed by atoms with Crippen LogP contribution in [0.3, 0.4) is 0 Å². The summed E-state index contributed by atoms with van der Waals surface area (Å²) in [5.41, 5.74) is 6.32. The Morgan fingerprint density at radius 1 is 1.40 bits per heavy atom. The van der Waals surface area contributed by atoms with E-state index in [9.17, 15) is 8.42 Å². The summed E-state index contributed by atoms with van der Waals surface area (Å²) in [6, 6.07) is 6.82. The minimum absolute atomic E-state index is 0.0855. The summed E-state index contributed by atoms with van der Waals surface area (Å²) >= 11 is 0. The van der Waals surface area contributed by atoms with Crippen molar-refractivity contribution in [3.63, 3.8) is 0 Å². The fraction of sp³-hybridized carbons (Fsp3) is 0.571. The molecule has 0 aromatic heterocycles. The maximum absolute atomic E-state index is 12.9. The maximum Gasteiger partial charge on any atom is 0.243 e. The number of nitrogens with zero attached hydrogens (tertiary/aromatic N) is 1. The molecule has 2 atom stereocenters. The topological polar surface area (TPSA) is 72.6 Å². The Balaban J connectivity index is 2.42. The zero-order chi connectivity index (χ0) is 14.8. The van der Waals surface area contributed by atoms with Gasteiger partial charge >= 0.3 is 0 Å². The Hall–Kier alpha value is -0.950. The molecular formula is C14H22N2O3S. The van der Waals surface area contributed by atoms with Gasteiger partial charge in [0, 0.05) is 19.1 Å². The summed E-state index contributed by atoms with van der Waals surface area (Å²) in [4.78, 5) is 0.315. The largest absolute Gasteiger partial charge is 0.375 e. The molecular weight excluding hydrogens is 276 g/mol. The lowest BCUT2D eigenvalue weighted by molar-refractivity contribution is -0.0230. The van der Waals surface area contributed by atoms with Gasteiger partial charge in [-0.1, -0.05) is 25.1 Å². The minimum Gasteiger partial charge on any atom is -0.375 e. The highest BCUT2D eigenvalue weighted by molar-refractivity contribution is 7.89. The van der Waals surface area contributed by atoms with Crippen LogP contribution in [0.15, 0.2) is 29.2 Å². The molecule has 2 N–H and O–H groups in total. The summed E-state index contributed by atoms with van der Waals surface area (Å²) in [6.07, 6.45) is 0.647. The van der Waals surface area contributed by atoms with Gasteiger partial charge in [0.1, 0.15) is 0 Å². The first kappa shape index (κ1) is 15.4. The highest BCUT2D eigenvalue weighted by atomic mass is 32.2. The molecule has 112 valence electrons. The van der Waals surface area contributed by atoms with E-state index in [1.54, 1.807) is 28.6 Å². The van der Waals surface area contributed by atoms with Crippen LogP contribution in [0.4, 0.5) is 0 Å². The SMILES string of the molecule is CCC1COC(C)CN1S(=O)(=O)c1ccccc1CN. The second-order valence-electron chi connectivity index (χ2n) is 5.09. The second kappa shape index (κ2) is 6.22. The molecule has 1 heterocycles. The molecule has 5 nitrogen and oxygen atoms in total. The van der Waals surface area contributed by atoms with E-state index in [1.807, 2.05) is 13.8 Å². The molecule has 1 aliphatic heterocycles. The van der Waals surface area contributed by atoms with Gasteiger partial charge < -0.3 is 10.5 Å². The lowest BCUT2D eigenvalue weighted by atomic mass is 10.2. The van der Waals surface area contributed by atoms with Gasteiger partial charge in [0.15, 0.2) is 0 Å². The Bertz CT molecular complexity index is 559. The minimum atomic E-state index is -3.53. The van der Waals surface area contributed by atoms with Gasteiger partial charge in [0.2, 0.25) is 10.0 Å². The third-order valence-corrected chi connectivity index (χ3v) is 5.69. The van der Waals surface area contributed by atoms with E-state index in [0.717, 1.165) is 6.42 Å². The number of benzene rings is 1. The van der Waals surface area contributed by atoms with Crippen molar-refractivity contribution in [2.75, 3.05) is 13.2 Å². The summed E-state index contributed by atoms with van der Waals surface area (Å²) in [5.74, 6) is 0. The van der Waals surface area contributed by atoms with Crippen molar-refractivity contribution >= 4 is 10.0 Å². The molecule has 2 unspecified atom stereocenters. The summed E-state index contributed by atoms with van der Waals surface area (Å²) in [5, 5.41) is 0. The molecule has 2 rings (SSSR count). The van der Waals surface area contributed by atoms with E-state index in [2.05, 4.69) is 0 Å². The van der Waals surface area contributed by atoms with Crippen LogP contribution < -0.4 is 5.73 Å². The molecule has 1 aromatic rings. The van der Waals surface area contributed by atoms with E-state index < -0.39 is 10.0 Å². The van der Waals surface area contributed by atoms with Crippen LogP contribution in [0.5, 0.6) is 0 Å². The molecule has 1 saturated heterocycles. The maximum atomic E-state index is 12.9. The molecule has 6 heteroatoms. The number of nitrogens with two attached hydrogens (primary N) is 1. The fourth-order valence-corrected chi connectivity index (χ4v) is 4.47. The molecule has 0 bridgehead atoms. The van der Waals surface area contributed by atoms with Gasteiger partial charge in [-0.2, -0.15) is 4.31 Å². The third kappa shape index (κ3) is 2.88. The Kier molecular flexibility index (Phi) is 4.80. The van der Waals surface area contributed by atoms with Crippen molar-refractivity contribution < 1.29 is 13.2 Å². The molecule has 0 aliphatic carbocycles. The van der Waals surface area contributed by atoms with E-state index in [1.165, 1.54) is 0 Å². The van der Waals surface area contributed by atoms with E-state index >= 15 is 0 Å². The smallest absolute Gasteiger partial charge is 0.243 e. The van der Waals surface area contributed by atoms with E-state index in [0.29, 0.717) is 23.6 Å². The number of hydrogen-bond acceptors (Lipinski definition) is 4. The van der Waals surface area contributed by atoms with Crippen LogP contribution >= 0.6 is 0 Å². The zero-order valence-corrected chi connectivity index (χ0v) is 12.8. The molecule has 1 aliphatic rings. The number of ether oxygens (including phenoxy) is 1. The Morgan fingerprint density at radius 3 is 2.75 bits per heavy atom.